The Kier molecular flexibility index (Phi) is 4.34. The highest BCUT2D eigenvalue weighted by atomic mass is 16.5. The van der Waals surface area contributed by atoms with Crippen molar-refractivity contribution in [2.75, 3.05) is 18.5 Å². The molecule has 0 amide bonds. The van der Waals surface area contributed by atoms with Crippen LogP contribution in [0.3, 0.4) is 0 Å². The average molecular weight is 231 g/mol. The quantitative estimate of drug-likeness (QED) is 0.864. The number of aromatic nitrogens is 1. The van der Waals surface area contributed by atoms with Gasteiger partial charge in [0.2, 0.25) is 0 Å². The molecule has 1 saturated heterocycles. The molecule has 1 N–H and O–H groups in total. The molecule has 17 heavy (non-hydrogen) atoms. The molecule has 1 aromatic heterocycles. The topological polar surface area (TPSA) is 57.9 Å². The van der Waals surface area contributed by atoms with Crippen molar-refractivity contribution in [1.82, 2.24) is 4.98 Å². The van der Waals surface area contributed by atoms with E-state index in [2.05, 4.69) is 16.4 Å². The van der Waals surface area contributed by atoms with Gasteiger partial charge in [0.15, 0.2) is 0 Å². The van der Waals surface area contributed by atoms with Crippen LogP contribution in [0.25, 0.3) is 0 Å². The van der Waals surface area contributed by atoms with Gasteiger partial charge < -0.3 is 10.1 Å². The third-order valence-electron chi connectivity index (χ3n) is 2.96. The summed E-state index contributed by atoms with van der Waals surface area (Å²) in [6.07, 6.45) is 6.63. The maximum absolute atomic E-state index is 8.91. The minimum absolute atomic E-state index is 0.366. The summed E-state index contributed by atoms with van der Waals surface area (Å²) < 4.78 is 5.65. The molecule has 2 rings (SSSR count). The Morgan fingerprint density at radius 1 is 1.53 bits per heavy atom. The fourth-order valence-electron chi connectivity index (χ4n) is 2.02. The average Bonchev–Trinajstić information content (AvgIpc) is 2.40. The number of nitrogens with zero attached hydrogens (tertiary/aromatic N) is 2. The molecule has 0 bridgehead atoms. The highest BCUT2D eigenvalue weighted by Gasteiger charge is 2.13. The number of rotatable bonds is 4. The smallest absolute Gasteiger partial charge is 0.143 e. The summed E-state index contributed by atoms with van der Waals surface area (Å²) in [4.78, 5) is 4.16. The second-order valence-corrected chi connectivity index (χ2v) is 4.22. The third kappa shape index (κ3) is 3.43. The zero-order valence-electron chi connectivity index (χ0n) is 9.85. The van der Waals surface area contributed by atoms with Crippen LogP contribution in [0.15, 0.2) is 18.3 Å². The van der Waals surface area contributed by atoms with Crippen LogP contribution in [0.5, 0.6) is 0 Å². The Labute approximate surface area is 102 Å². The van der Waals surface area contributed by atoms with Gasteiger partial charge in [0, 0.05) is 19.3 Å². The highest BCUT2D eigenvalue weighted by Crippen LogP contribution is 2.16. The highest BCUT2D eigenvalue weighted by molar-refractivity contribution is 5.50. The Morgan fingerprint density at radius 3 is 3.24 bits per heavy atom. The van der Waals surface area contributed by atoms with E-state index in [4.69, 9.17) is 10.00 Å². The Bertz CT molecular complexity index is 394. The summed E-state index contributed by atoms with van der Waals surface area (Å²) in [7, 11) is 0. The van der Waals surface area contributed by atoms with Crippen LogP contribution >= 0.6 is 0 Å². The lowest BCUT2D eigenvalue weighted by Crippen LogP contribution is -2.22. The van der Waals surface area contributed by atoms with Crippen LogP contribution in [0.1, 0.15) is 31.2 Å². The largest absolute Gasteiger partial charge is 0.378 e. The van der Waals surface area contributed by atoms with E-state index in [0.29, 0.717) is 17.5 Å². The molecule has 90 valence electrons. The number of nitriles is 1. The van der Waals surface area contributed by atoms with Crippen LogP contribution in [0.4, 0.5) is 5.82 Å². The van der Waals surface area contributed by atoms with Gasteiger partial charge in [-0.1, -0.05) is 0 Å². The zero-order valence-corrected chi connectivity index (χ0v) is 9.85. The summed E-state index contributed by atoms with van der Waals surface area (Å²) in [5, 5.41) is 12.1. The summed E-state index contributed by atoms with van der Waals surface area (Å²) in [6.45, 7) is 1.69. The molecule has 1 aromatic rings. The molecule has 0 aromatic carbocycles. The maximum Gasteiger partial charge on any atom is 0.143 e. The molecule has 2 heterocycles. The van der Waals surface area contributed by atoms with Gasteiger partial charge in [-0.15, -0.1) is 0 Å². The molecular formula is C13H17N3O. The zero-order chi connectivity index (χ0) is 11.9. The van der Waals surface area contributed by atoms with Gasteiger partial charge in [-0.3, -0.25) is 0 Å². The molecule has 4 nitrogen and oxygen atoms in total. The fourth-order valence-corrected chi connectivity index (χ4v) is 2.02. The summed E-state index contributed by atoms with van der Waals surface area (Å²) in [6, 6.07) is 5.67. The molecule has 0 saturated carbocycles. The van der Waals surface area contributed by atoms with Crippen molar-refractivity contribution in [2.24, 2.45) is 0 Å². The van der Waals surface area contributed by atoms with Gasteiger partial charge in [0.05, 0.1) is 11.7 Å². The van der Waals surface area contributed by atoms with Gasteiger partial charge in [-0.2, -0.15) is 5.26 Å². The van der Waals surface area contributed by atoms with Gasteiger partial charge in [-0.25, -0.2) is 4.98 Å². The van der Waals surface area contributed by atoms with Crippen molar-refractivity contribution in [2.45, 2.75) is 31.8 Å². The molecule has 0 aliphatic carbocycles. The molecule has 0 radical (unpaired) electrons. The molecule has 1 fully saturated rings. The van der Waals surface area contributed by atoms with Crippen molar-refractivity contribution in [3.8, 4) is 6.07 Å². The second-order valence-electron chi connectivity index (χ2n) is 4.22. The molecule has 0 spiro atoms. The minimum atomic E-state index is 0.366. The second kappa shape index (κ2) is 6.21. The lowest BCUT2D eigenvalue weighted by molar-refractivity contribution is 0.0134. The van der Waals surface area contributed by atoms with Gasteiger partial charge >= 0.3 is 0 Å². The van der Waals surface area contributed by atoms with Crippen molar-refractivity contribution in [3.05, 3.63) is 23.9 Å². The molecule has 1 atom stereocenters. The maximum atomic E-state index is 8.91. The SMILES string of the molecule is N#Cc1cccnc1NCCC1CCCCO1. The van der Waals surface area contributed by atoms with Crippen LogP contribution < -0.4 is 5.32 Å². The van der Waals surface area contributed by atoms with Gasteiger partial charge in [0.25, 0.3) is 0 Å². The standard InChI is InChI=1S/C13H17N3O/c14-10-11-4-3-7-15-13(11)16-8-6-12-5-1-2-9-17-12/h3-4,7,12H,1-2,5-6,8-9H2,(H,15,16). The van der Waals surface area contributed by atoms with Crippen LogP contribution in [-0.2, 0) is 4.74 Å². The van der Waals surface area contributed by atoms with E-state index in [1.54, 1.807) is 18.3 Å². The van der Waals surface area contributed by atoms with Crippen molar-refractivity contribution < 1.29 is 4.74 Å². The lowest BCUT2D eigenvalue weighted by atomic mass is 10.1. The molecule has 1 unspecified atom stereocenters. The van der Waals surface area contributed by atoms with Crippen molar-refractivity contribution in [3.63, 3.8) is 0 Å². The predicted octanol–water partition coefficient (Wildman–Crippen LogP) is 2.32. The number of pyridine rings is 1. The molecular weight excluding hydrogens is 214 g/mol. The third-order valence-corrected chi connectivity index (χ3v) is 2.96. The first-order valence-electron chi connectivity index (χ1n) is 6.11. The normalized spacial score (nSPS) is 19.6. The van der Waals surface area contributed by atoms with Crippen LogP contribution in [0, 0.1) is 11.3 Å². The van der Waals surface area contributed by atoms with Crippen molar-refractivity contribution >= 4 is 5.82 Å². The summed E-state index contributed by atoms with van der Waals surface area (Å²) in [5.41, 5.74) is 0.595. The van der Waals surface area contributed by atoms with Gasteiger partial charge in [-0.05, 0) is 37.8 Å². The predicted molar refractivity (Wildman–Crippen MR) is 65.6 cm³/mol. The number of hydrogen-bond donors (Lipinski definition) is 1. The Morgan fingerprint density at radius 2 is 2.47 bits per heavy atom. The van der Waals surface area contributed by atoms with E-state index < -0.39 is 0 Å². The van der Waals surface area contributed by atoms with Crippen LogP contribution in [0.2, 0.25) is 0 Å². The molecule has 1 aliphatic rings. The first-order valence-corrected chi connectivity index (χ1v) is 6.11. The van der Waals surface area contributed by atoms with Crippen molar-refractivity contribution in [1.29, 1.82) is 5.26 Å². The monoisotopic (exact) mass is 231 g/mol. The van der Waals surface area contributed by atoms with E-state index in [-0.39, 0.29) is 0 Å². The molecule has 1 aliphatic heterocycles. The lowest BCUT2D eigenvalue weighted by Gasteiger charge is -2.22. The first kappa shape index (κ1) is 11.9. The summed E-state index contributed by atoms with van der Waals surface area (Å²) in [5.74, 6) is 0.672. The first-order chi connectivity index (χ1) is 8.40. The molecule has 4 heteroatoms. The number of hydrogen-bond acceptors (Lipinski definition) is 4. The van der Waals surface area contributed by atoms with E-state index in [9.17, 15) is 0 Å². The Hall–Kier alpha value is -1.60. The number of anilines is 1. The Balaban J connectivity index is 1.79. The van der Waals surface area contributed by atoms with E-state index >= 15 is 0 Å². The van der Waals surface area contributed by atoms with E-state index in [0.717, 1.165) is 26.0 Å². The fraction of sp³-hybridized carbons (Fsp3) is 0.538. The van der Waals surface area contributed by atoms with Crippen LogP contribution in [-0.4, -0.2) is 24.2 Å². The van der Waals surface area contributed by atoms with E-state index in [1.807, 2.05) is 0 Å². The minimum Gasteiger partial charge on any atom is -0.378 e. The number of nitrogens with one attached hydrogen (secondary N) is 1. The van der Waals surface area contributed by atoms with E-state index in [1.165, 1.54) is 12.8 Å². The number of ether oxygens (including phenoxy) is 1. The summed E-state index contributed by atoms with van der Waals surface area (Å²) >= 11 is 0. The van der Waals surface area contributed by atoms with Gasteiger partial charge in [0.1, 0.15) is 11.9 Å².